The minimum absolute atomic E-state index is 0.277. The van der Waals surface area contributed by atoms with Gasteiger partial charge in [-0.1, -0.05) is 24.1 Å². The molecule has 0 aromatic rings. The summed E-state index contributed by atoms with van der Waals surface area (Å²) in [5.41, 5.74) is 0. The van der Waals surface area contributed by atoms with Crippen LogP contribution in [0.25, 0.3) is 0 Å². The number of hydrogen-bond donors (Lipinski definition) is 0. The van der Waals surface area contributed by atoms with E-state index in [1.807, 2.05) is 6.08 Å². The van der Waals surface area contributed by atoms with Gasteiger partial charge in [-0.2, -0.15) is 0 Å². The summed E-state index contributed by atoms with van der Waals surface area (Å²) in [7, 11) is 0. The Labute approximate surface area is 75.4 Å². The zero-order valence-corrected chi connectivity index (χ0v) is 7.50. The Morgan fingerprint density at radius 2 is 2.58 bits per heavy atom. The molecule has 0 heterocycles. The van der Waals surface area contributed by atoms with Crippen LogP contribution in [0.3, 0.4) is 0 Å². The second-order valence-corrected chi connectivity index (χ2v) is 3.35. The summed E-state index contributed by atoms with van der Waals surface area (Å²) in [5.74, 6) is 3.79. The van der Waals surface area contributed by atoms with Crippen LogP contribution in [0.15, 0.2) is 24.8 Å². The van der Waals surface area contributed by atoms with Gasteiger partial charge in [0.05, 0.1) is 0 Å². The average molecular weight is 160 g/mol. The molecular formula is C12H16. The minimum atomic E-state index is 0.277. The maximum Gasteiger partial charge on any atom is 0.0377 e. The molecule has 0 saturated carbocycles. The number of allylic oxidation sites excluding steroid dienone is 3. The number of hydrogen-bond acceptors (Lipinski definition) is 0. The standard InChI is InChI=1S/C12H16/c1-3-11(4-2)9-10-12-7-5-6-8-12/h1,4-5,7,11-12H,2,6,8-10H2. The van der Waals surface area contributed by atoms with Crippen LogP contribution in [0.4, 0.5) is 0 Å². The summed E-state index contributed by atoms with van der Waals surface area (Å²) in [6.07, 6.45) is 16.7. The molecule has 1 aliphatic rings. The zero-order chi connectivity index (χ0) is 8.81. The van der Waals surface area contributed by atoms with Crippen molar-refractivity contribution in [2.24, 2.45) is 11.8 Å². The van der Waals surface area contributed by atoms with Gasteiger partial charge < -0.3 is 0 Å². The van der Waals surface area contributed by atoms with Gasteiger partial charge in [0, 0.05) is 5.92 Å². The summed E-state index contributed by atoms with van der Waals surface area (Å²) < 4.78 is 0. The van der Waals surface area contributed by atoms with Crippen LogP contribution in [-0.4, -0.2) is 0 Å². The fraction of sp³-hybridized carbons (Fsp3) is 0.500. The first-order valence-corrected chi connectivity index (χ1v) is 4.62. The van der Waals surface area contributed by atoms with Crippen molar-refractivity contribution < 1.29 is 0 Å². The third kappa shape index (κ3) is 2.58. The lowest BCUT2D eigenvalue weighted by Crippen LogP contribution is -1.97. The van der Waals surface area contributed by atoms with Crippen LogP contribution in [0.1, 0.15) is 25.7 Å². The number of terminal acetylenes is 1. The Kier molecular flexibility index (Phi) is 3.67. The predicted molar refractivity (Wildman–Crippen MR) is 53.6 cm³/mol. The summed E-state index contributed by atoms with van der Waals surface area (Å²) in [4.78, 5) is 0. The first-order chi connectivity index (χ1) is 5.86. The van der Waals surface area contributed by atoms with E-state index in [-0.39, 0.29) is 5.92 Å². The van der Waals surface area contributed by atoms with Crippen molar-refractivity contribution in [3.8, 4) is 12.3 Å². The van der Waals surface area contributed by atoms with Crippen molar-refractivity contribution >= 4 is 0 Å². The molecule has 0 aromatic carbocycles. The smallest absolute Gasteiger partial charge is 0.0377 e. The maximum absolute atomic E-state index is 5.33. The quantitative estimate of drug-likeness (QED) is 0.437. The normalized spacial score (nSPS) is 23.4. The summed E-state index contributed by atoms with van der Waals surface area (Å²) in [6.45, 7) is 3.72. The van der Waals surface area contributed by atoms with Gasteiger partial charge in [-0.05, 0) is 31.6 Å². The first-order valence-electron chi connectivity index (χ1n) is 4.62. The third-order valence-corrected chi connectivity index (χ3v) is 2.46. The Bertz CT molecular complexity index is 205. The van der Waals surface area contributed by atoms with Crippen molar-refractivity contribution in [2.75, 3.05) is 0 Å². The SMILES string of the molecule is C#CC(C=C)CCC1C=CCC1. The minimum Gasteiger partial charge on any atom is -0.119 e. The summed E-state index contributed by atoms with van der Waals surface area (Å²) in [6, 6.07) is 0. The van der Waals surface area contributed by atoms with Gasteiger partial charge in [0.25, 0.3) is 0 Å². The van der Waals surface area contributed by atoms with Crippen molar-refractivity contribution in [1.29, 1.82) is 0 Å². The van der Waals surface area contributed by atoms with Gasteiger partial charge in [0.2, 0.25) is 0 Å². The van der Waals surface area contributed by atoms with Crippen LogP contribution in [-0.2, 0) is 0 Å². The van der Waals surface area contributed by atoms with Crippen LogP contribution in [0.2, 0.25) is 0 Å². The van der Waals surface area contributed by atoms with Gasteiger partial charge in [-0.3, -0.25) is 0 Å². The molecule has 64 valence electrons. The second-order valence-electron chi connectivity index (χ2n) is 3.35. The van der Waals surface area contributed by atoms with Crippen molar-refractivity contribution in [3.05, 3.63) is 24.8 Å². The molecule has 0 fully saturated rings. The predicted octanol–water partition coefficient (Wildman–Crippen LogP) is 3.17. The van der Waals surface area contributed by atoms with Gasteiger partial charge in [-0.15, -0.1) is 13.0 Å². The Morgan fingerprint density at radius 3 is 3.08 bits per heavy atom. The molecular weight excluding hydrogens is 144 g/mol. The number of rotatable bonds is 4. The molecule has 0 amide bonds. The van der Waals surface area contributed by atoms with Crippen LogP contribution in [0, 0.1) is 24.2 Å². The molecule has 0 aromatic heterocycles. The van der Waals surface area contributed by atoms with E-state index in [4.69, 9.17) is 6.42 Å². The molecule has 0 nitrogen and oxygen atoms in total. The highest BCUT2D eigenvalue weighted by atomic mass is 14.1. The molecule has 0 bridgehead atoms. The van der Waals surface area contributed by atoms with E-state index in [1.54, 1.807) is 0 Å². The largest absolute Gasteiger partial charge is 0.119 e. The Morgan fingerprint density at radius 1 is 1.75 bits per heavy atom. The van der Waals surface area contributed by atoms with E-state index >= 15 is 0 Å². The van der Waals surface area contributed by atoms with E-state index in [0.29, 0.717) is 0 Å². The zero-order valence-electron chi connectivity index (χ0n) is 7.50. The molecule has 0 heteroatoms. The van der Waals surface area contributed by atoms with E-state index in [1.165, 1.54) is 19.3 Å². The van der Waals surface area contributed by atoms with Crippen LogP contribution in [0.5, 0.6) is 0 Å². The lowest BCUT2D eigenvalue weighted by Gasteiger charge is -2.08. The van der Waals surface area contributed by atoms with E-state index in [0.717, 1.165) is 12.3 Å². The highest BCUT2D eigenvalue weighted by Gasteiger charge is 2.10. The molecule has 0 aliphatic heterocycles. The van der Waals surface area contributed by atoms with Gasteiger partial charge in [0.1, 0.15) is 0 Å². The van der Waals surface area contributed by atoms with Crippen LogP contribution >= 0.6 is 0 Å². The summed E-state index contributed by atoms with van der Waals surface area (Å²) >= 11 is 0. The molecule has 0 spiro atoms. The Balaban J connectivity index is 2.20. The van der Waals surface area contributed by atoms with Crippen LogP contribution < -0.4 is 0 Å². The Hall–Kier alpha value is -0.960. The second kappa shape index (κ2) is 4.83. The summed E-state index contributed by atoms with van der Waals surface area (Å²) in [5, 5.41) is 0. The van der Waals surface area contributed by atoms with E-state index in [2.05, 4.69) is 24.7 Å². The fourth-order valence-corrected chi connectivity index (χ4v) is 1.60. The molecule has 2 atom stereocenters. The molecule has 1 rings (SSSR count). The topological polar surface area (TPSA) is 0 Å². The van der Waals surface area contributed by atoms with Crippen molar-refractivity contribution in [1.82, 2.24) is 0 Å². The lowest BCUT2D eigenvalue weighted by atomic mass is 9.96. The first kappa shape index (κ1) is 9.13. The molecule has 0 saturated heterocycles. The average Bonchev–Trinajstić information content (AvgIpc) is 2.59. The monoisotopic (exact) mass is 160 g/mol. The van der Waals surface area contributed by atoms with E-state index < -0.39 is 0 Å². The van der Waals surface area contributed by atoms with Crippen molar-refractivity contribution in [3.63, 3.8) is 0 Å². The van der Waals surface area contributed by atoms with E-state index in [9.17, 15) is 0 Å². The van der Waals surface area contributed by atoms with Gasteiger partial charge >= 0.3 is 0 Å². The third-order valence-electron chi connectivity index (χ3n) is 2.46. The molecule has 12 heavy (non-hydrogen) atoms. The lowest BCUT2D eigenvalue weighted by molar-refractivity contribution is 0.527. The highest BCUT2D eigenvalue weighted by molar-refractivity contribution is 5.03. The molecule has 0 N–H and O–H groups in total. The van der Waals surface area contributed by atoms with Crippen molar-refractivity contribution in [2.45, 2.75) is 25.7 Å². The van der Waals surface area contributed by atoms with Gasteiger partial charge in [0.15, 0.2) is 0 Å². The molecule has 2 unspecified atom stereocenters. The van der Waals surface area contributed by atoms with Gasteiger partial charge in [-0.25, -0.2) is 0 Å². The fourth-order valence-electron chi connectivity index (χ4n) is 1.60. The molecule has 0 radical (unpaired) electrons. The highest BCUT2D eigenvalue weighted by Crippen LogP contribution is 2.23. The molecule has 1 aliphatic carbocycles. The maximum atomic E-state index is 5.33.